The van der Waals surface area contributed by atoms with E-state index >= 15 is 0 Å². The van der Waals surface area contributed by atoms with E-state index in [9.17, 15) is 4.79 Å². The molecule has 1 saturated heterocycles. The Labute approximate surface area is 141 Å². The Morgan fingerprint density at radius 1 is 1.29 bits per heavy atom. The summed E-state index contributed by atoms with van der Waals surface area (Å²) in [7, 11) is 0. The maximum Gasteiger partial charge on any atom is 0.360 e. The molecule has 2 aliphatic rings. The average molecular weight is 327 g/mol. The Morgan fingerprint density at radius 2 is 2.08 bits per heavy atom. The van der Waals surface area contributed by atoms with Crippen LogP contribution in [0, 0.1) is 11.3 Å². The predicted molar refractivity (Wildman–Crippen MR) is 87.4 cm³/mol. The van der Waals surface area contributed by atoms with E-state index in [1.54, 1.807) is 0 Å². The number of nitrogens with zero attached hydrogens (tertiary/aromatic N) is 1. The Bertz CT molecular complexity index is 737. The van der Waals surface area contributed by atoms with E-state index in [1.807, 2.05) is 30.3 Å². The highest BCUT2D eigenvalue weighted by Gasteiger charge is 2.60. The summed E-state index contributed by atoms with van der Waals surface area (Å²) >= 11 is 0. The monoisotopic (exact) mass is 327 g/mol. The number of ether oxygens (including phenoxy) is 2. The number of carbonyl (C=O) groups is 1. The molecule has 0 bridgehead atoms. The number of rotatable bonds is 3. The summed E-state index contributed by atoms with van der Waals surface area (Å²) in [5.41, 5.74) is 0.887. The highest BCUT2D eigenvalue weighted by molar-refractivity contribution is 5.87. The summed E-state index contributed by atoms with van der Waals surface area (Å²) in [5, 5.41) is 0. The molecular formula is C19H21NO4. The van der Waals surface area contributed by atoms with Crippen molar-refractivity contribution in [3.63, 3.8) is 0 Å². The van der Waals surface area contributed by atoms with Gasteiger partial charge in [0.2, 0.25) is 5.89 Å². The molecular weight excluding hydrogens is 306 g/mol. The fourth-order valence-corrected chi connectivity index (χ4v) is 3.97. The van der Waals surface area contributed by atoms with Crippen LogP contribution in [0.4, 0.5) is 0 Å². The SMILES string of the molecule is CC1(C)[C@H](OC(=O)c2coc(-c3ccccc3)n2)[C@@H]2CCCO[C@@H]21. The van der Waals surface area contributed by atoms with Crippen LogP contribution in [0.15, 0.2) is 41.0 Å². The van der Waals surface area contributed by atoms with Crippen molar-refractivity contribution >= 4 is 5.97 Å². The zero-order valence-corrected chi connectivity index (χ0v) is 13.9. The topological polar surface area (TPSA) is 61.6 Å². The average Bonchev–Trinajstić information content (AvgIpc) is 3.10. The van der Waals surface area contributed by atoms with Gasteiger partial charge in [-0.2, -0.15) is 0 Å². The summed E-state index contributed by atoms with van der Waals surface area (Å²) in [6.45, 7) is 4.99. The van der Waals surface area contributed by atoms with E-state index in [0.29, 0.717) is 5.89 Å². The summed E-state index contributed by atoms with van der Waals surface area (Å²) in [6, 6.07) is 9.50. The molecule has 3 atom stereocenters. The lowest BCUT2D eigenvalue weighted by atomic mass is 9.57. The van der Waals surface area contributed by atoms with Crippen molar-refractivity contribution < 1.29 is 18.7 Å². The van der Waals surface area contributed by atoms with Crippen molar-refractivity contribution in [2.24, 2.45) is 11.3 Å². The minimum atomic E-state index is -0.428. The van der Waals surface area contributed by atoms with Gasteiger partial charge >= 0.3 is 5.97 Å². The van der Waals surface area contributed by atoms with Gasteiger partial charge in [0.25, 0.3) is 0 Å². The standard InChI is InChI=1S/C19H21NO4/c1-19(2)15-13(9-6-10-22-15)16(19)24-18(21)14-11-23-17(20-14)12-7-4-3-5-8-12/h3-5,7-8,11,13,15-16H,6,9-10H2,1-2H3/t13-,15+,16-/m1/s1. The maximum absolute atomic E-state index is 12.5. The van der Waals surface area contributed by atoms with Gasteiger partial charge in [0.05, 0.1) is 6.10 Å². The van der Waals surface area contributed by atoms with Gasteiger partial charge in [-0.05, 0) is 25.0 Å². The van der Waals surface area contributed by atoms with E-state index in [0.717, 1.165) is 25.0 Å². The van der Waals surface area contributed by atoms with Gasteiger partial charge < -0.3 is 13.9 Å². The van der Waals surface area contributed by atoms with Crippen LogP contribution in [-0.2, 0) is 9.47 Å². The number of esters is 1. The molecule has 0 N–H and O–H groups in total. The highest BCUT2D eigenvalue weighted by atomic mass is 16.6. The summed E-state index contributed by atoms with van der Waals surface area (Å²) in [6.07, 6.45) is 3.48. The second-order valence-electron chi connectivity index (χ2n) is 7.15. The lowest BCUT2D eigenvalue weighted by molar-refractivity contribution is -0.243. The first-order chi connectivity index (χ1) is 11.6. The Hall–Kier alpha value is -2.14. The van der Waals surface area contributed by atoms with Crippen LogP contribution >= 0.6 is 0 Å². The number of benzene rings is 1. The Morgan fingerprint density at radius 3 is 2.88 bits per heavy atom. The second-order valence-corrected chi connectivity index (χ2v) is 7.15. The lowest BCUT2D eigenvalue weighted by Gasteiger charge is -2.58. The van der Waals surface area contributed by atoms with Crippen LogP contribution < -0.4 is 0 Å². The second kappa shape index (κ2) is 5.74. The van der Waals surface area contributed by atoms with Crippen LogP contribution in [0.3, 0.4) is 0 Å². The third kappa shape index (κ3) is 2.44. The molecule has 1 aliphatic heterocycles. The Balaban J connectivity index is 1.48. The fourth-order valence-electron chi connectivity index (χ4n) is 3.97. The molecule has 0 radical (unpaired) electrons. The molecule has 24 heavy (non-hydrogen) atoms. The Kier molecular flexibility index (Phi) is 3.68. The van der Waals surface area contributed by atoms with Crippen molar-refractivity contribution in [1.29, 1.82) is 0 Å². The first kappa shape index (κ1) is 15.4. The third-order valence-corrected chi connectivity index (χ3v) is 5.19. The maximum atomic E-state index is 12.5. The first-order valence-electron chi connectivity index (χ1n) is 8.41. The number of carbonyl (C=O) groups excluding carboxylic acids is 1. The smallest absolute Gasteiger partial charge is 0.360 e. The van der Waals surface area contributed by atoms with Gasteiger partial charge in [-0.15, -0.1) is 0 Å². The molecule has 0 unspecified atom stereocenters. The zero-order chi connectivity index (χ0) is 16.7. The van der Waals surface area contributed by atoms with Crippen molar-refractivity contribution in [2.75, 3.05) is 6.61 Å². The number of fused-ring (bicyclic) bond motifs is 1. The fraction of sp³-hybridized carbons (Fsp3) is 0.474. The molecule has 1 aliphatic carbocycles. The van der Waals surface area contributed by atoms with Crippen molar-refractivity contribution in [3.05, 3.63) is 42.3 Å². The molecule has 2 fully saturated rings. The predicted octanol–water partition coefficient (Wildman–Crippen LogP) is 3.70. The van der Waals surface area contributed by atoms with Gasteiger partial charge in [-0.1, -0.05) is 32.0 Å². The molecule has 2 aromatic rings. The third-order valence-electron chi connectivity index (χ3n) is 5.19. The number of hydrogen-bond donors (Lipinski definition) is 0. The van der Waals surface area contributed by atoms with Gasteiger partial charge in [-0.25, -0.2) is 9.78 Å². The van der Waals surface area contributed by atoms with E-state index in [4.69, 9.17) is 13.9 Å². The van der Waals surface area contributed by atoms with Crippen LogP contribution in [0.25, 0.3) is 11.5 Å². The van der Waals surface area contributed by atoms with Crippen LogP contribution in [0.2, 0.25) is 0 Å². The van der Waals surface area contributed by atoms with Gasteiger partial charge in [0.15, 0.2) is 5.69 Å². The van der Waals surface area contributed by atoms with Gasteiger partial charge in [0.1, 0.15) is 12.4 Å². The summed E-state index contributed by atoms with van der Waals surface area (Å²) < 4.78 is 17.0. The molecule has 0 amide bonds. The molecule has 0 spiro atoms. The van der Waals surface area contributed by atoms with E-state index in [-0.39, 0.29) is 29.2 Å². The molecule has 2 heterocycles. The molecule has 5 nitrogen and oxygen atoms in total. The first-order valence-corrected chi connectivity index (χ1v) is 8.41. The molecule has 4 rings (SSSR count). The molecule has 1 aromatic heterocycles. The van der Waals surface area contributed by atoms with Crippen LogP contribution in [0.5, 0.6) is 0 Å². The van der Waals surface area contributed by atoms with Crippen LogP contribution in [-0.4, -0.2) is 29.8 Å². The molecule has 1 saturated carbocycles. The largest absolute Gasteiger partial charge is 0.456 e. The molecule has 1 aromatic carbocycles. The van der Waals surface area contributed by atoms with Gasteiger partial charge in [-0.3, -0.25) is 0 Å². The van der Waals surface area contributed by atoms with E-state index in [1.165, 1.54) is 6.26 Å². The molecule has 5 heteroatoms. The number of aromatic nitrogens is 1. The highest BCUT2D eigenvalue weighted by Crippen LogP contribution is 2.53. The van der Waals surface area contributed by atoms with Gasteiger partial charge in [0, 0.05) is 23.5 Å². The van der Waals surface area contributed by atoms with E-state index < -0.39 is 5.97 Å². The zero-order valence-electron chi connectivity index (χ0n) is 13.9. The van der Waals surface area contributed by atoms with Crippen molar-refractivity contribution in [3.8, 4) is 11.5 Å². The lowest BCUT2D eigenvalue weighted by Crippen LogP contribution is -2.65. The van der Waals surface area contributed by atoms with Crippen LogP contribution in [0.1, 0.15) is 37.2 Å². The minimum Gasteiger partial charge on any atom is -0.456 e. The summed E-state index contributed by atoms with van der Waals surface area (Å²) in [5.74, 6) is 0.288. The van der Waals surface area contributed by atoms with Crippen molar-refractivity contribution in [2.45, 2.75) is 38.9 Å². The summed E-state index contributed by atoms with van der Waals surface area (Å²) in [4.78, 5) is 16.7. The quantitative estimate of drug-likeness (QED) is 0.804. The minimum absolute atomic E-state index is 0.132. The van der Waals surface area contributed by atoms with Crippen molar-refractivity contribution in [1.82, 2.24) is 4.98 Å². The van der Waals surface area contributed by atoms with E-state index in [2.05, 4.69) is 18.8 Å². The number of oxazole rings is 1. The number of hydrogen-bond acceptors (Lipinski definition) is 5. The normalized spacial score (nSPS) is 27.8. The molecule has 126 valence electrons.